The van der Waals surface area contributed by atoms with E-state index in [1.165, 1.54) is 0 Å². The van der Waals surface area contributed by atoms with Gasteiger partial charge in [0.1, 0.15) is 17.6 Å². The van der Waals surface area contributed by atoms with Gasteiger partial charge in [-0.3, -0.25) is 0 Å². The van der Waals surface area contributed by atoms with Crippen LogP contribution in [0.15, 0.2) is 23.7 Å². The highest BCUT2D eigenvalue weighted by Crippen LogP contribution is 2.37. The molecule has 2 unspecified atom stereocenters. The van der Waals surface area contributed by atoms with Gasteiger partial charge in [-0.05, 0) is 18.4 Å². The normalized spacial score (nSPS) is 26.1. The SMILES string of the molecule is CCOC1=CC(O)=CC(C(C)(C)C)C1OC. The first-order valence-electron chi connectivity index (χ1n) is 5.68. The van der Waals surface area contributed by atoms with E-state index < -0.39 is 0 Å². The Labute approximate surface area is 97.8 Å². The summed E-state index contributed by atoms with van der Waals surface area (Å²) in [6.07, 6.45) is 3.37. The second kappa shape index (κ2) is 4.91. The number of methoxy groups -OCH3 is 1. The Morgan fingerprint density at radius 1 is 1.38 bits per heavy atom. The molecule has 0 amide bonds. The molecule has 0 heterocycles. The third-order valence-corrected chi connectivity index (χ3v) is 2.81. The second-order valence-corrected chi connectivity index (χ2v) is 5.12. The molecule has 2 atom stereocenters. The van der Waals surface area contributed by atoms with E-state index in [1.807, 2.05) is 13.0 Å². The Balaban J connectivity index is 3.00. The molecule has 0 aromatic heterocycles. The van der Waals surface area contributed by atoms with E-state index in [1.54, 1.807) is 13.2 Å². The molecule has 3 nitrogen and oxygen atoms in total. The van der Waals surface area contributed by atoms with Crippen LogP contribution >= 0.6 is 0 Å². The minimum absolute atomic E-state index is 0.0191. The summed E-state index contributed by atoms with van der Waals surface area (Å²) < 4.78 is 11.0. The molecular weight excluding hydrogens is 204 g/mol. The molecule has 1 aliphatic carbocycles. The number of aliphatic hydroxyl groups excluding tert-OH is 1. The summed E-state index contributed by atoms with van der Waals surface area (Å²) >= 11 is 0. The minimum Gasteiger partial charge on any atom is -0.508 e. The van der Waals surface area contributed by atoms with E-state index in [2.05, 4.69) is 20.8 Å². The Morgan fingerprint density at radius 3 is 2.44 bits per heavy atom. The fourth-order valence-electron chi connectivity index (χ4n) is 1.98. The van der Waals surface area contributed by atoms with Crippen LogP contribution in [0.4, 0.5) is 0 Å². The zero-order valence-corrected chi connectivity index (χ0v) is 10.8. The van der Waals surface area contributed by atoms with Crippen molar-refractivity contribution in [1.82, 2.24) is 0 Å². The highest BCUT2D eigenvalue weighted by molar-refractivity contribution is 5.26. The highest BCUT2D eigenvalue weighted by atomic mass is 16.5. The van der Waals surface area contributed by atoms with Gasteiger partial charge < -0.3 is 14.6 Å². The minimum atomic E-state index is -0.115. The van der Waals surface area contributed by atoms with Gasteiger partial charge in [0.25, 0.3) is 0 Å². The fourth-order valence-corrected chi connectivity index (χ4v) is 1.98. The van der Waals surface area contributed by atoms with Crippen molar-refractivity contribution < 1.29 is 14.6 Å². The first-order valence-corrected chi connectivity index (χ1v) is 5.68. The summed E-state index contributed by atoms with van der Waals surface area (Å²) in [6, 6.07) is 0. The van der Waals surface area contributed by atoms with Crippen molar-refractivity contribution in [3.05, 3.63) is 23.7 Å². The van der Waals surface area contributed by atoms with Crippen molar-refractivity contribution in [3.63, 3.8) is 0 Å². The molecule has 0 saturated carbocycles. The lowest BCUT2D eigenvalue weighted by Gasteiger charge is -2.37. The van der Waals surface area contributed by atoms with Crippen LogP contribution in [0.1, 0.15) is 27.7 Å². The van der Waals surface area contributed by atoms with Crippen LogP contribution in [0, 0.1) is 11.3 Å². The third-order valence-electron chi connectivity index (χ3n) is 2.81. The molecule has 0 bridgehead atoms. The van der Waals surface area contributed by atoms with Crippen LogP contribution in [-0.2, 0) is 9.47 Å². The lowest BCUT2D eigenvalue weighted by atomic mass is 9.74. The molecule has 16 heavy (non-hydrogen) atoms. The molecule has 0 saturated heterocycles. The largest absolute Gasteiger partial charge is 0.508 e. The lowest BCUT2D eigenvalue weighted by molar-refractivity contribution is 0.00495. The van der Waals surface area contributed by atoms with Gasteiger partial charge in [0, 0.05) is 19.1 Å². The average Bonchev–Trinajstić information content (AvgIpc) is 2.16. The molecule has 1 aliphatic rings. The second-order valence-electron chi connectivity index (χ2n) is 5.12. The highest BCUT2D eigenvalue weighted by Gasteiger charge is 2.36. The molecule has 1 rings (SSSR count). The fraction of sp³-hybridized carbons (Fsp3) is 0.692. The molecular formula is C13H22O3. The molecule has 1 N–H and O–H groups in total. The number of aliphatic hydroxyl groups is 1. The van der Waals surface area contributed by atoms with Gasteiger partial charge in [0.2, 0.25) is 0 Å². The summed E-state index contributed by atoms with van der Waals surface area (Å²) in [5, 5.41) is 9.70. The number of ether oxygens (including phenoxy) is 2. The van der Waals surface area contributed by atoms with E-state index in [0.717, 1.165) is 0 Å². The zero-order chi connectivity index (χ0) is 12.3. The third kappa shape index (κ3) is 2.79. The van der Waals surface area contributed by atoms with Crippen LogP contribution in [-0.4, -0.2) is 24.9 Å². The number of hydrogen-bond acceptors (Lipinski definition) is 3. The lowest BCUT2D eigenvalue weighted by Crippen LogP contribution is -2.36. The zero-order valence-electron chi connectivity index (χ0n) is 10.8. The first kappa shape index (κ1) is 13.1. The predicted molar refractivity (Wildman–Crippen MR) is 64.2 cm³/mol. The van der Waals surface area contributed by atoms with E-state index in [9.17, 15) is 5.11 Å². The van der Waals surface area contributed by atoms with E-state index >= 15 is 0 Å². The van der Waals surface area contributed by atoms with Crippen molar-refractivity contribution >= 4 is 0 Å². The molecule has 0 radical (unpaired) electrons. The molecule has 3 heteroatoms. The summed E-state index contributed by atoms with van der Waals surface area (Å²) in [5.74, 6) is 1.09. The van der Waals surface area contributed by atoms with Crippen LogP contribution in [0.3, 0.4) is 0 Å². The monoisotopic (exact) mass is 226 g/mol. The van der Waals surface area contributed by atoms with Gasteiger partial charge in [-0.25, -0.2) is 0 Å². The van der Waals surface area contributed by atoms with Crippen LogP contribution in [0.25, 0.3) is 0 Å². The predicted octanol–water partition coefficient (Wildman–Crippen LogP) is 3.04. The Kier molecular flexibility index (Phi) is 4.03. The maximum atomic E-state index is 9.70. The van der Waals surface area contributed by atoms with Gasteiger partial charge in [-0.15, -0.1) is 0 Å². The van der Waals surface area contributed by atoms with E-state index in [4.69, 9.17) is 9.47 Å². The van der Waals surface area contributed by atoms with Crippen molar-refractivity contribution in [2.24, 2.45) is 11.3 Å². The molecule has 0 fully saturated rings. The molecule has 0 aliphatic heterocycles. The topological polar surface area (TPSA) is 38.7 Å². The van der Waals surface area contributed by atoms with E-state index in [0.29, 0.717) is 12.4 Å². The van der Waals surface area contributed by atoms with Gasteiger partial charge in [0.05, 0.1) is 6.61 Å². The maximum absolute atomic E-state index is 9.70. The van der Waals surface area contributed by atoms with Gasteiger partial charge in [-0.2, -0.15) is 0 Å². The first-order chi connectivity index (χ1) is 7.40. The number of rotatable bonds is 3. The van der Waals surface area contributed by atoms with Crippen molar-refractivity contribution in [1.29, 1.82) is 0 Å². The van der Waals surface area contributed by atoms with E-state index in [-0.39, 0.29) is 23.2 Å². The van der Waals surface area contributed by atoms with Crippen LogP contribution in [0.5, 0.6) is 0 Å². The Morgan fingerprint density at radius 2 is 2.00 bits per heavy atom. The quantitative estimate of drug-likeness (QED) is 0.804. The van der Waals surface area contributed by atoms with Crippen LogP contribution in [0.2, 0.25) is 0 Å². The summed E-state index contributed by atoms with van der Waals surface area (Å²) in [4.78, 5) is 0. The van der Waals surface area contributed by atoms with Crippen LogP contribution < -0.4 is 0 Å². The standard InChI is InChI=1S/C13H22O3/c1-6-16-11-8-9(14)7-10(12(11)15-5)13(2,3)4/h7-8,10,12,14H,6H2,1-5H3. The Bertz CT molecular complexity index is 297. The maximum Gasteiger partial charge on any atom is 0.129 e. The van der Waals surface area contributed by atoms with Gasteiger partial charge >= 0.3 is 0 Å². The Hall–Kier alpha value is -0.960. The molecule has 0 aromatic carbocycles. The molecule has 0 spiro atoms. The number of allylic oxidation sites excluding steroid dienone is 1. The molecule has 92 valence electrons. The number of hydrogen-bond donors (Lipinski definition) is 1. The van der Waals surface area contributed by atoms with Crippen molar-refractivity contribution in [2.45, 2.75) is 33.8 Å². The summed E-state index contributed by atoms with van der Waals surface area (Å²) in [5.41, 5.74) is 0.0191. The summed E-state index contributed by atoms with van der Waals surface area (Å²) in [6.45, 7) is 8.89. The van der Waals surface area contributed by atoms with Gasteiger partial charge in [0.15, 0.2) is 0 Å². The van der Waals surface area contributed by atoms with Gasteiger partial charge in [-0.1, -0.05) is 20.8 Å². The smallest absolute Gasteiger partial charge is 0.129 e. The molecule has 0 aromatic rings. The van der Waals surface area contributed by atoms with Crippen molar-refractivity contribution in [2.75, 3.05) is 13.7 Å². The average molecular weight is 226 g/mol. The van der Waals surface area contributed by atoms with Crippen molar-refractivity contribution in [3.8, 4) is 0 Å². The summed E-state index contributed by atoms with van der Waals surface area (Å²) in [7, 11) is 1.67.